The third-order valence-corrected chi connectivity index (χ3v) is 8.64. The van der Waals surface area contributed by atoms with Gasteiger partial charge >= 0.3 is 0 Å². The Hall–Kier alpha value is -3.02. The average molecular weight is 524 g/mol. The van der Waals surface area contributed by atoms with Crippen molar-refractivity contribution in [2.24, 2.45) is 10.9 Å². The molecule has 0 amide bonds. The minimum atomic E-state index is -4.62. The molecule has 0 atom stereocenters. The molecule has 0 aliphatic rings. The number of sulfonamides is 2. The van der Waals surface area contributed by atoms with Gasteiger partial charge in [-0.15, -0.1) is 5.10 Å². The standard InChI is InChI=1S/C18H21N9O4S3/c1-18(2,8-19)25-34(30,31)12-7-6-9(10-4-3-5-11-14(10)22-17(20)32-11)13(15(12)33(21,28)29)16-23-26-27-24-16/h3-7,25H,8,19H2,1-2H3,(H2,20,22)(H2,21,28,29)(H,23,24,26,27). The van der Waals surface area contributed by atoms with Crippen LogP contribution in [-0.2, 0) is 20.0 Å². The lowest BCUT2D eigenvalue weighted by Crippen LogP contribution is -2.49. The lowest BCUT2D eigenvalue weighted by atomic mass is 9.98. The zero-order chi connectivity index (χ0) is 24.9. The topological polar surface area (TPSA) is 226 Å². The zero-order valence-corrected chi connectivity index (χ0v) is 20.4. The largest absolute Gasteiger partial charge is 0.375 e. The molecule has 0 saturated carbocycles. The molecular weight excluding hydrogens is 502 g/mol. The first-order valence-electron chi connectivity index (χ1n) is 9.67. The van der Waals surface area contributed by atoms with Crippen molar-refractivity contribution in [2.45, 2.75) is 29.2 Å². The summed E-state index contributed by atoms with van der Waals surface area (Å²) in [5.41, 5.74) is 11.6. The van der Waals surface area contributed by atoms with Crippen LogP contribution in [-0.4, -0.2) is 54.5 Å². The van der Waals surface area contributed by atoms with E-state index in [1.165, 1.54) is 17.4 Å². The Morgan fingerprint density at radius 3 is 2.47 bits per heavy atom. The number of hydrogen-bond acceptors (Lipinski definition) is 11. The van der Waals surface area contributed by atoms with Gasteiger partial charge in [-0.2, -0.15) is 0 Å². The molecule has 4 rings (SSSR count). The highest BCUT2D eigenvalue weighted by Crippen LogP contribution is 2.42. The first-order valence-corrected chi connectivity index (χ1v) is 13.5. The lowest BCUT2D eigenvalue weighted by Gasteiger charge is -2.25. The predicted octanol–water partition coefficient (Wildman–Crippen LogP) is 0.389. The highest BCUT2D eigenvalue weighted by Gasteiger charge is 2.34. The number of nitrogens with one attached hydrogen (secondary N) is 2. The van der Waals surface area contributed by atoms with Crippen molar-refractivity contribution in [3.8, 4) is 22.5 Å². The van der Waals surface area contributed by atoms with E-state index in [9.17, 15) is 16.8 Å². The summed E-state index contributed by atoms with van der Waals surface area (Å²) >= 11 is 1.25. The Labute approximate surface area is 198 Å². The maximum atomic E-state index is 13.3. The van der Waals surface area contributed by atoms with E-state index < -0.39 is 35.4 Å². The maximum Gasteiger partial charge on any atom is 0.242 e. The quantitative estimate of drug-likeness (QED) is 0.224. The molecule has 0 aliphatic heterocycles. The van der Waals surface area contributed by atoms with Gasteiger partial charge in [0.25, 0.3) is 0 Å². The van der Waals surface area contributed by atoms with Crippen LogP contribution in [0.15, 0.2) is 40.1 Å². The Morgan fingerprint density at radius 1 is 1.12 bits per heavy atom. The molecule has 0 spiro atoms. The van der Waals surface area contributed by atoms with E-state index in [4.69, 9.17) is 16.6 Å². The van der Waals surface area contributed by atoms with Gasteiger partial charge in [-0.25, -0.2) is 36.8 Å². The van der Waals surface area contributed by atoms with Crippen LogP contribution in [0.5, 0.6) is 0 Å². The van der Waals surface area contributed by atoms with Crippen molar-refractivity contribution in [3.63, 3.8) is 0 Å². The highest BCUT2D eigenvalue weighted by atomic mass is 32.2. The number of aromatic nitrogens is 5. The summed E-state index contributed by atoms with van der Waals surface area (Å²) < 4.78 is 55.4. The molecule has 4 aromatic rings. The second kappa shape index (κ2) is 8.33. The van der Waals surface area contributed by atoms with E-state index in [0.29, 0.717) is 16.2 Å². The van der Waals surface area contributed by atoms with Gasteiger partial charge < -0.3 is 11.5 Å². The minimum Gasteiger partial charge on any atom is -0.375 e. The number of benzene rings is 2. The molecule has 0 radical (unpaired) electrons. The molecule has 0 bridgehead atoms. The number of tetrazole rings is 1. The number of hydrogen-bond donors (Lipinski definition) is 5. The molecule has 16 heteroatoms. The third-order valence-electron chi connectivity index (χ3n) is 4.92. The van der Waals surface area contributed by atoms with Gasteiger partial charge in [-0.3, -0.25) is 0 Å². The number of nitrogen functional groups attached to an aromatic ring is 1. The van der Waals surface area contributed by atoms with Crippen molar-refractivity contribution < 1.29 is 16.8 Å². The van der Waals surface area contributed by atoms with E-state index in [-0.39, 0.29) is 23.5 Å². The monoisotopic (exact) mass is 523 g/mol. The smallest absolute Gasteiger partial charge is 0.242 e. The van der Waals surface area contributed by atoms with Crippen molar-refractivity contribution >= 4 is 46.7 Å². The number of aromatic amines is 1. The first kappa shape index (κ1) is 24.1. The van der Waals surface area contributed by atoms with Gasteiger partial charge in [-0.05, 0) is 42.0 Å². The minimum absolute atomic E-state index is 0.0405. The molecular formula is C18H21N9O4S3. The molecule has 2 heterocycles. The Balaban J connectivity index is 2.12. The second-order valence-electron chi connectivity index (χ2n) is 8.01. The molecule has 2 aromatic carbocycles. The predicted molar refractivity (Wildman–Crippen MR) is 127 cm³/mol. The zero-order valence-electron chi connectivity index (χ0n) is 18.0. The fourth-order valence-corrected chi connectivity index (χ4v) is 7.22. The van der Waals surface area contributed by atoms with Crippen LogP contribution < -0.4 is 21.3 Å². The van der Waals surface area contributed by atoms with Crippen LogP contribution in [0.25, 0.3) is 32.7 Å². The number of thiazole rings is 1. The number of rotatable bonds is 7. The lowest BCUT2D eigenvalue weighted by molar-refractivity contribution is 0.461. The fourth-order valence-electron chi connectivity index (χ4n) is 3.43. The van der Waals surface area contributed by atoms with Crippen LogP contribution in [0.3, 0.4) is 0 Å². The van der Waals surface area contributed by atoms with Gasteiger partial charge in [-0.1, -0.05) is 29.5 Å². The van der Waals surface area contributed by atoms with Crippen LogP contribution in [0.1, 0.15) is 13.8 Å². The van der Waals surface area contributed by atoms with Gasteiger partial charge in [0.05, 0.1) is 15.8 Å². The van der Waals surface area contributed by atoms with Gasteiger partial charge in [0.15, 0.2) is 11.0 Å². The number of anilines is 1. The molecule has 2 aromatic heterocycles. The van der Waals surface area contributed by atoms with Crippen molar-refractivity contribution in [1.82, 2.24) is 30.3 Å². The van der Waals surface area contributed by atoms with Gasteiger partial charge in [0.2, 0.25) is 20.0 Å². The van der Waals surface area contributed by atoms with Crippen molar-refractivity contribution in [2.75, 3.05) is 12.3 Å². The molecule has 34 heavy (non-hydrogen) atoms. The number of primary sulfonamides is 1. The average Bonchev–Trinajstić information content (AvgIpc) is 3.40. The summed E-state index contributed by atoms with van der Waals surface area (Å²) in [6.45, 7) is 3.08. The van der Waals surface area contributed by atoms with Crippen molar-refractivity contribution in [1.29, 1.82) is 0 Å². The summed E-state index contributed by atoms with van der Waals surface area (Å²) in [6, 6.07) is 7.85. The van der Waals surface area contributed by atoms with Crippen LogP contribution >= 0.6 is 11.3 Å². The van der Waals surface area contributed by atoms with Crippen LogP contribution in [0, 0.1) is 0 Å². The molecule has 13 nitrogen and oxygen atoms in total. The van der Waals surface area contributed by atoms with Crippen LogP contribution in [0.2, 0.25) is 0 Å². The van der Waals surface area contributed by atoms with E-state index in [0.717, 1.165) is 10.8 Å². The third kappa shape index (κ3) is 4.38. The number of para-hydroxylation sites is 1. The number of nitrogens with zero attached hydrogens (tertiary/aromatic N) is 4. The van der Waals surface area contributed by atoms with E-state index in [1.807, 2.05) is 0 Å². The number of fused-ring (bicyclic) bond motifs is 1. The van der Waals surface area contributed by atoms with Crippen molar-refractivity contribution in [3.05, 3.63) is 30.3 Å². The fraction of sp³-hybridized carbons (Fsp3) is 0.222. The number of nitrogens with two attached hydrogens (primary N) is 3. The SMILES string of the molecule is CC(C)(CN)NS(=O)(=O)c1ccc(-c2cccc3sc(N)nc23)c(-c2nnn[nH]2)c1S(N)(=O)=O. The van der Waals surface area contributed by atoms with E-state index in [1.54, 1.807) is 32.0 Å². The van der Waals surface area contributed by atoms with Gasteiger partial charge in [0.1, 0.15) is 9.79 Å². The normalized spacial score (nSPS) is 12.9. The van der Waals surface area contributed by atoms with E-state index in [2.05, 4.69) is 30.3 Å². The highest BCUT2D eigenvalue weighted by molar-refractivity contribution is 7.92. The Bertz CT molecular complexity index is 1600. The van der Waals surface area contributed by atoms with E-state index >= 15 is 0 Å². The summed E-state index contributed by atoms with van der Waals surface area (Å²) in [5, 5.41) is 19.2. The Morgan fingerprint density at radius 2 is 1.85 bits per heavy atom. The molecule has 0 aliphatic carbocycles. The maximum absolute atomic E-state index is 13.3. The van der Waals surface area contributed by atoms with Gasteiger partial charge in [0, 0.05) is 17.6 Å². The Kier molecular flexibility index (Phi) is 5.91. The number of H-pyrrole nitrogens is 1. The molecule has 0 unspecified atom stereocenters. The summed E-state index contributed by atoms with van der Waals surface area (Å²) in [5.74, 6) is -0.102. The first-order chi connectivity index (χ1) is 15.8. The molecule has 180 valence electrons. The molecule has 0 saturated heterocycles. The molecule has 8 N–H and O–H groups in total. The van der Waals surface area contributed by atoms with Crippen LogP contribution in [0.4, 0.5) is 5.13 Å². The second-order valence-corrected chi connectivity index (χ2v) is 12.2. The molecule has 0 fully saturated rings. The summed E-state index contributed by atoms with van der Waals surface area (Å²) in [7, 11) is -9.02. The summed E-state index contributed by atoms with van der Waals surface area (Å²) in [6.07, 6.45) is 0. The summed E-state index contributed by atoms with van der Waals surface area (Å²) in [4.78, 5) is 3.09.